The highest BCUT2D eigenvalue weighted by Crippen LogP contribution is 2.18. The van der Waals surface area contributed by atoms with Crippen molar-refractivity contribution in [1.29, 1.82) is 0 Å². The summed E-state index contributed by atoms with van der Waals surface area (Å²) in [7, 11) is 0. The monoisotopic (exact) mass is 453 g/mol. The molecule has 0 saturated heterocycles. The van der Waals surface area contributed by atoms with E-state index in [2.05, 4.69) is 35.0 Å². The predicted octanol–water partition coefficient (Wildman–Crippen LogP) is 7.19. The number of unbranched alkanes of at least 4 members (excludes halogenated alkanes) is 8. The molecule has 1 heterocycles. The van der Waals surface area contributed by atoms with Crippen LogP contribution in [0, 0.1) is 0 Å². The molecule has 32 heavy (non-hydrogen) atoms. The van der Waals surface area contributed by atoms with Gasteiger partial charge in [0.1, 0.15) is 5.82 Å². The van der Waals surface area contributed by atoms with Crippen molar-refractivity contribution < 1.29 is 4.79 Å². The summed E-state index contributed by atoms with van der Waals surface area (Å²) >= 11 is 6.00. The van der Waals surface area contributed by atoms with Gasteiger partial charge in [0.25, 0.3) is 5.91 Å². The normalized spacial score (nSPS) is 11.2. The van der Waals surface area contributed by atoms with Gasteiger partial charge in [-0.1, -0.05) is 88.1 Å². The molecular weight excluding hydrogens is 418 g/mol. The average molecular weight is 454 g/mol. The van der Waals surface area contributed by atoms with Crippen LogP contribution in [0.4, 0.5) is 0 Å². The molecule has 4 nitrogen and oxygen atoms in total. The number of nitrogens with one attached hydrogen (secondary N) is 1. The molecule has 2 aromatic carbocycles. The van der Waals surface area contributed by atoms with Crippen molar-refractivity contribution in [2.45, 2.75) is 77.7 Å². The average Bonchev–Trinajstić information content (AvgIpc) is 3.15. The van der Waals surface area contributed by atoms with E-state index in [1.807, 2.05) is 6.07 Å². The molecule has 0 aliphatic heterocycles. The van der Waals surface area contributed by atoms with E-state index in [0.717, 1.165) is 24.3 Å². The second kappa shape index (κ2) is 13.3. The Labute approximate surface area is 197 Å². The van der Waals surface area contributed by atoms with Gasteiger partial charge >= 0.3 is 0 Å². The number of rotatable bonds is 14. The molecule has 0 radical (unpaired) electrons. The van der Waals surface area contributed by atoms with Crippen LogP contribution in [0.5, 0.6) is 0 Å². The Morgan fingerprint density at radius 2 is 1.66 bits per heavy atom. The van der Waals surface area contributed by atoms with Crippen molar-refractivity contribution in [3.05, 3.63) is 64.9 Å². The number of carbonyl (C=O) groups is 1. The lowest BCUT2D eigenvalue weighted by atomic mass is 10.1. The fourth-order valence-electron chi connectivity index (χ4n) is 4.17. The molecule has 1 N–H and O–H groups in total. The molecule has 5 heteroatoms. The first-order valence-electron chi connectivity index (χ1n) is 12.2. The minimum absolute atomic E-state index is 0.103. The number of fused-ring (bicyclic) bond motifs is 1. The number of hydrogen-bond acceptors (Lipinski definition) is 2. The lowest BCUT2D eigenvalue weighted by Crippen LogP contribution is -2.26. The number of amides is 1. The lowest BCUT2D eigenvalue weighted by Gasteiger charge is -2.10. The highest BCUT2D eigenvalue weighted by Gasteiger charge is 2.11. The maximum Gasteiger partial charge on any atom is 0.251 e. The fraction of sp³-hybridized carbons (Fsp3) is 0.481. The SMILES string of the molecule is CCCCCCCCCCCn1c(CCNC(=O)c2cccc(Cl)c2)nc2ccccc21. The second-order valence-electron chi connectivity index (χ2n) is 8.51. The topological polar surface area (TPSA) is 46.9 Å². The molecule has 3 aromatic rings. The van der Waals surface area contributed by atoms with Crippen LogP contribution in [-0.4, -0.2) is 22.0 Å². The van der Waals surface area contributed by atoms with Gasteiger partial charge in [0.05, 0.1) is 11.0 Å². The molecule has 0 atom stereocenters. The fourth-order valence-corrected chi connectivity index (χ4v) is 4.36. The van der Waals surface area contributed by atoms with Crippen molar-refractivity contribution in [3.63, 3.8) is 0 Å². The minimum Gasteiger partial charge on any atom is -0.352 e. The number of aromatic nitrogens is 2. The van der Waals surface area contributed by atoms with Gasteiger partial charge in [-0.3, -0.25) is 4.79 Å². The van der Waals surface area contributed by atoms with Crippen molar-refractivity contribution >= 4 is 28.5 Å². The smallest absolute Gasteiger partial charge is 0.251 e. The van der Waals surface area contributed by atoms with Crippen molar-refractivity contribution in [3.8, 4) is 0 Å². The zero-order valence-electron chi connectivity index (χ0n) is 19.3. The molecular formula is C27H36ClN3O. The Hall–Kier alpha value is -2.33. The molecule has 0 fully saturated rings. The molecule has 3 rings (SSSR count). The Balaban J connectivity index is 1.49. The van der Waals surface area contributed by atoms with E-state index in [9.17, 15) is 4.79 Å². The van der Waals surface area contributed by atoms with Crippen LogP contribution in [0.3, 0.4) is 0 Å². The van der Waals surface area contributed by atoms with Crippen molar-refractivity contribution in [2.75, 3.05) is 6.54 Å². The van der Waals surface area contributed by atoms with Crippen LogP contribution in [0.2, 0.25) is 5.02 Å². The molecule has 0 aliphatic rings. The van der Waals surface area contributed by atoms with Crippen LogP contribution in [0.1, 0.15) is 80.9 Å². The Morgan fingerprint density at radius 3 is 2.41 bits per heavy atom. The molecule has 0 unspecified atom stereocenters. The summed E-state index contributed by atoms with van der Waals surface area (Å²) in [5, 5.41) is 3.57. The maximum atomic E-state index is 12.4. The van der Waals surface area contributed by atoms with E-state index in [1.165, 1.54) is 56.9 Å². The van der Waals surface area contributed by atoms with E-state index in [1.54, 1.807) is 24.3 Å². The van der Waals surface area contributed by atoms with Gasteiger partial charge in [0, 0.05) is 30.1 Å². The first-order chi connectivity index (χ1) is 15.7. The number of hydrogen-bond donors (Lipinski definition) is 1. The quantitative estimate of drug-likeness (QED) is 0.262. The number of imidazole rings is 1. The van der Waals surface area contributed by atoms with E-state index >= 15 is 0 Å². The third-order valence-electron chi connectivity index (χ3n) is 5.94. The van der Waals surface area contributed by atoms with Crippen molar-refractivity contribution in [2.24, 2.45) is 0 Å². The van der Waals surface area contributed by atoms with Crippen molar-refractivity contribution in [1.82, 2.24) is 14.9 Å². The number of benzene rings is 2. The Kier molecular flexibility index (Phi) is 10.1. The molecule has 0 bridgehead atoms. The highest BCUT2D eigenvalue weighted by atomic mass is 35.5. The lowest BCUT2D eigenvalue weighted by molar-refractivity contribution is 0.0954. The summed E-state index contributed by atoms with van der Waals surface area (Å²) in [5.74, 6) is 0.936. The largest absolute Gasteiger partial charge is 0.352 e. The summed E-state index contributed by atoms with van der Waals surface area (Å²) in [4.78, 5) is 17.2. The van der Waals surface area contributed by atoms with Gasteiger partial charge in [0.15, 0.2) is 0 Å². The summed E-state index contributed by atoms with van der Waals surface area (Å²) < 4.78 is 2.34. The van der Waals surface area contributed by atoms with E-state index < -0.39 is 0 Å². The number of aryl methyl sites for hydroxylation is 1. The van der Waals surface area contributed by atoms with Crippen LogP contribution in [0.25, 0.3) is 11.0 Å². The minimum atomic E-state index is -0.103. The van der Waals surface area contributed by atoms with Gasteiger partial charge in [-0.25, -0.2) is 4.98 Å². The van der Waals surface area contributed by atoms with Gasteiger partial charge in [-0.05, 0) is 36.8 Å². The summed E-state index contributed by atoms with van der Waals surface area (Å²) in [5.41, 5.74) is 2.79. The standard InChI is InChI=1S/C27H36ClN3O/c1-2-3-4-5-6-7-8-9-12-20-31-25-17-11-10-16-24(25)30-26(31)18-19-29-27(32)22-14-13-15-23(28)21-22/h10-11,13-17,21H,2-9,12,18-20H2,1H3,(H,29,32). The molecule has 1 aromatic heterocycles. The number of carbonyl (C=O) groups excluding carboxylic acids is 1. The predicted molar refractivity (Wildman–Crippen MR) is 134 cm³/mol. The first kappa shape index (κ1) is 24.3. The number of para-hydroxylation sites is 2. The zero-order chi connectivity index (χ0) is 22.6. The zero-order valence-corrected chi connectivity index (χ0v) is 20.0. The second-order valence-corrected chi connectivity index (χ2v) is 8.95. The van der Waals surface area contributed by atoms with Gasteiger partial charge in [-0.2, -0.15) is 0 Å². The molecule has 1 amide bonds. The Bertz CT molecular complexity index is 982. The van der Waals surface area contributed by atoms with Crippen LogP contribution in [0.15, 0.2) is 48.5 Å². The molecule has 0 spiro atoms. The van der Waals surface area contributed by atoms with Crippen LogP contribution in [-0.2, 0) is 13.0 Å². The van der Waals surface area contributed by atoms with Gasteiger partial charge < -0.3 is 9.88 Å². The first-order valence-corrected chi connectivity index (χ1v) is 12.5. The summed E-state index contributed by atoms with van der Waals surface area (Å²) in [6, 6.07) is 15.3. The maximum absolute atomic E-state index is 12.4. The third kappa shape index (κ3) is 7.37. The molecule has 0 aliphatic carbocycles. The molecule has 0 saturated carbocycles. The van der Waals surface area contributed by atoms with E-state index in [-0.39, 0.29) is 5.91 Å². The van der Waals surface area contributed by atoms with E-state index in [0.29, 0.717) is 23.6 Å². The van der Waals surface area contributed by atoms with Gasteiger partial charge in [0.2, 0.25) is 0 Å². The number of halogens is 1. The summed E-state index contributed by atoms with van der Waals surface area (Å²) in [6.45, 7) is 3.79. The van der Waals surface area contributed by atoms with Crippen LogP contribution >= 0.6 is 11.6 Å². The Morgan fingerprint density at radius 1 is 0.938 bits per heavy atom. The number of nitrogens with zero attached hydrogens (tertiary/aromatic N) is 2. The highest BCUT2D eigenvalue weighted by molar-refractivity contribution is 6.30. The third-order valence-corrected chi connectivity index (χ3v) is 6.17. The summed E-state index contributed by atoms with van der Waals surface area (Å²) in [6.07, 6.45) is 12.6. The van der Waals surface area contributed by atoms with Gasteiger partial charge in [-0.15, -0.1) is 0 Å². The molecule has 172 valence electrons. The van der Waals surface area contributed by atoms with E-state index in [4.69, 9.17) is 16.6 Å². The van der Waals surface area contributed by atoms with Crippen LogP contribution < -0.4 is 5.32 Å².